The minimum Gasteiger partial charge on any atom is -0.477 e. The smallest absolute Gasteiger partial charge is 0.345 e. The van der Waals surface area contributed by atoms with Crippen molar-refractivity contribution in [3.8, 4) is 0 Å². The van der Waals surface area contributed by atoms with Crippen LogP contribution in [0.4, 0.5) is 0 Å². The molecule has 2 rings (SSSR count). The van der Waals surface area contributed by atoms with Gasteiger partial charge >= 0.3 is 5.97 Å². The molecule has 0 aliphatic heterocycles. The minimum atomic E-state index is -0.884. The first-order valence-corrected chi connectivity index (χ1v) is 5.00. The van der Waals surface area contributed by atoms with Gasteiger partial charge in [-0.05, 0) is 31.0 Å². The monoisotopic (exact) mass is 207 g/mol. The van der Waals surface area contributed by atoms with Crippen molar-refractivity contribution in [2.24, 2.45) is 0 Å². The molecule has 72 valence electrons. The number of pyridine rings is 1. The molecule has 0 spiro atoms. The average Bonchev–Trinajstić information content (AvgIpc) is 2.56. The Morgan fingerprint density at radius 1 is 1.50 bits per heavy atom. The Labute approximate surface area is 85.0 Å². The maximum atomic E-state index is 10.7. The van der Waals surface area contributed by atoms with E-state index >= 15 is 0 Å². The van der Waals surface area contributed by atoms with Crippen LogP contribution in [0.5, 0.6) is 0 Å². The minimum absolute atomic E-state index is 0.348. The maximum Gasteiger partial charge on any atom is 0.345 e. The molecule has 0 aliphatic carbocycles. The highest BCUT2D eigenvalue weighted by Crippen LogP contribution is 2.28. The molecule has 0 unspecified atom stereocenters. The molecule has 1 N–H and O–H groups in total. The molecule has 0 aromatic carbocycles. The number of aryl methyl sites for hydroxylation is 2. The van der Waals surface area contributed by atoms with E-state index in [1.54, 1.807) is 12.3 Å². The van der Waals surface area contributed by atoms with Crippen LogP contribution in [0.1, 0.15) is 20.8 Å². The first kappa shape index (κ1) is 9.15. The van der Waals surface area contributed by atoms with Gasteiger partial charge in [-0.1, -0.05) is 0 Å². The van der Waals surface area contributed by atoms with E-state index in [4.69, 9.17) is 5.11 Å². The van der Waals surface area contributed by atoms with Crippen molar-refractivity contribution in [1.29, 1.82) is 0 Å². The second-order valence-electron chi connectivity index (χ2n) is 3.20. The predicted molar refractivity (Wildman–Crippen MR) is 56.1 cm³/mol. The number of hydrogen-bond acceptors (Lipinski definition) is 3. The van der Waals surface area contributed by atoms with E-state index in [1.165, 1.54) is 11.3 Å². The van der Waals surface area contributed by atoms with Gasteiger partial charge in [0.25, 0.3) is 0 Å². The van der Waals surface area contributed by atoms with E-state index in [0.717, 1.165) is 21.3 Å². The quantitative estimate of drug-likeness (QED) is 0.782. The number of carboxylic acid groups (broad SMARTS) is 1. The summed E-state index contributed by atoms with van der Waals surface area (Å²) in [5, 5.41) is 8.83. The van der Waals surface area contributed by atoms with Crippen molar-refractivity contribution < 1.29 is 9.90 Å². The lowest BCUT2D eigenvalue weighted by atomic mass is 10.2. The Kier molecular flexibility index (Phi) is 2.00. The van der Waals surface area contributed by atoms with Gasteiger partial charge in [-0.3, -0.25) is 4.98 Å². The predicted octanol–water partition coefficient (Wildman–Crippen LogP) is 2.61. The highest BCUT2D eigenvalue weighted by molar-refractivity contribution is 7.20. The molecule has 3 nitrogen and oxygen atoms in total. The van der Waals surface area contributed by atoms with Crippen LogP contribution in [-0.2, 0) is 0 Å². The number of aromatic nitrogens is 1. The summed E-state index contributed by atoms with van der Waals surface area (Å²) in [5.74, 6) is -0.884. The van der Waals surface area contributed by atoms with Crippen molar-refractivity contribution >= 4 is 27.5 Å². The Bertz CT molecular complexity index is 516. The van der Waals surface area contributed by atoms with Crippen LogP contribution in [-0.4, -0.2) is 16.1 Å². The van der Waals surface area contributed by atoms with Gasteiger partial charge in [0.1, 0.15) is 4.88 Å². The maximum absolute atomic E-state index is 10.7. The largest absolute Gasteiger partial charge is 0.477 e. The van der Waals surface area contributed by atoms with Gasteiger partial charge in [0, 0.05) is 6.20 Å². The summed E-state index contributed by atoms with van der Waals surface area (Å²) in [7, 11) is 0. The molecule has 0 fully saturated rings. The molecule has 0 aliphatic rings. The molecule has 0 saturated heterocycles. The van der Waals surface area contributed by atoms with Crippen LogP contribution in [0.2, 0.25) is 0 Å². The van der Waals surface area contributed by atoms with Crippen LogP contribution in [0.15, 0.2) is 12.3 Å². The van der Waals surface area contributed by atoms with E-state index < -0.39 is 5.97 Å². The van der Waals surface area contributed by atoms with Crippen molar-refractivity contribution in [3.63, 3.8) is 0 Å². The van der Waals surface area contributed by atoms with Gasteiger partial charge in [0.2, 0.25) is 0 Å². The zero-order valence-electron chi connectivity index (χ0n) is 7.87. The number of carboxylic acids is 1. The molecule has 14 heavy (non-hydrogen) atoms. The van der Waals surface area contributed by atoms with E-state index in [0.29, 0.717) is 4.88 Å². The van der Waals surface area contributed by atoms with Crippen molar-refractivity contribution in [2.75, 3.05) is 0 Å². The third-order valence-corrected chi connectivity index (χ3v) is 3.48. The Morgan fingerprint density at radius 3 is 2.86 bits per heavy atom. The topological polar surface area (TPSA) is 50.2 Å². The number of aromatic carboxylic acids is 1. The van der Waals surface area contributed by atoms with Gasteiger partial charge in [-0.25, -0.2) is 4.79 Å². The van der Waals surface area contributed by atoms with Crippen molar-refractivity contribution in [1.82, 2.24) is 4.98 Å². The summed E-state index contributed by atoms with van der Waals surface area (Å²) in [6.45, 7) is 3.96. The van der Waals surface area contributed by atoms with Crippen LogP contribution in [0.3, 0.4) is 0 Å². The summed E-state index contributed by atoms with van der Waals surface area (Å²) in [4.78, 5) is 15.3. The van der Waals surface area contributed by atoms with Gasteiger partial charge in [0.15, 0.2) is 0 Å². The second-order valence-corrected chi connectivity index (χ2v) is 4.25. The van der Waals surface area contributed by atoms with E-state index in [1.807, 2.05) is 13.8 Å². The first-order valence-electron chi connectivity index (χ1n) is 4.18. The third kappa shape index (κ3) is 1.28. The van der Waals surface area contributed by atoms with Crippen LogP contribution in [0.25, 0.3) is 10.2 Å². The molecule has 2 aromatic heterocycles. The van der Waals surface area contributed by atoms with E-state index in [9.17, 15) is 4.79 Å². The normalized spacial score (nSPS) is 10.7. The van der Waals surface area contributed by atoms with Gasteiger partial charge in [-0.2, -0.15) is 0 Å². The number of carbonyl (C=O) groups is 1. The molecular weight excluding hydrogens is 198 g/mol. The summed E-state index contributed by atoms with van der Waals surface area (Å²) in [6.07, 6.45) is 1.77. The third-order valence-electron chi connectivity index (χ3n) is 2.25. The number of rotatable bonds is 1. The highest BCUT2D eigenvalue weighted by atomic mass is 32.1. The molecule has 2 heterocycles. The zero-order valence-corrected chi connectivity index (χ0v) is 8.68. The Balaban J connectivity index is 2.77. The summed E-state index contributed by atoms with van der Waals surface area (Å²) in [6, 6.07) is 1.62. The Morgan fingerprint density at radius 2 is 2.21 bits per heavy atom. The lowest BCUT2D eigenvalue weighted by Gasteiger charge is -1.98. The molecular formula is C10H9NO2S. The van der Waals surface area contributed by atoms with Gasteiger partial charge in [0.05, 0.1) is 10.2 Å². The average molecular weight is 207 g/mol. The van der Waals surface area contributed by atoms with Crippen molar-refractivity contribution in [3.05, 3.63) is 28.3 Å². The molecule has 4 heteroatoms. The number of fused-ring (bicyclic) bond motifs is 1. The van der Waals surface area contributed by atoms with Crippen molar-refractivity contribution in [2.45, 2.75) is 13.8 Å². The highest BCUT2D eigenvalue weighted by Gasteiger charge is 2.11. The number of nitrogens with zero attached hydrogens (tertiary/aromatic N) is 1. The van der Waals surface area contributed by atoms with Gasteiger partial charge in [-0.15, -0.1) is 11.3 Å². The summed E-state index contributed by atoms with van der Waals surface area (Å²) in [5.41, 5.74) is 2.99. The Hall–Kier alpha value is -1.42. The van der Waals surface area contributed by atoms with E-state index in [2.05, 4.69) is 4.98 Å². The standard InChI is InChI=1S/C10H9NO2S/c1-5-4-11-7-3-8(10(12)13)14-9(7)6(5)2/h3-4H,1-2H3,(H,12,13). The molecule has 0 saturated carbocycles. The lowest BCUT2D eigenvalue weighted by Crippen LogP contribution is -1.89. The SMILES string of the molecule is Cc1cnc2cc(C(=O)O)sc2c1C. The second kappa shape index (κ2) is 3.06. The molecule has 0 amide bonds. The number of thiophene rings is 1. The van der Waals surface area contributed by atoms with Gasteiger partial charge < -0.3 is 5.11 Å². The summed E-state index contributed by atoms with van der Waals surface area (Å²) >= 11 is 1.28. The van der Waals surface area contributed by atoms with Crippen LogP contribution < -0.4 is 0 Å². The van der Waals surface area contributed by atoms with Crippen LogP contribution >= 0.6 is 11.3 Å². The fraction of sp³-hybridized carbons (Fsp3) is 0.200. The zero-order chi connectivity index (χ0) is 10.3. The number of hydrogen-bond donors (Lipinski definition) is 1. The first-order chi connectivity index (χ1) is 6.59. The fourth-order valence-electron chi connectivity index (χ4n) is 1.29. The van der Waals surface area contributed by atoms with E-state index in [-0.39, 0.29) is 0 Å². The molecule has 0 radical (unpaired) electrons. The summed E-state index contributed by atoms with van der Waals surface area (Å²) < 4.78 is 0.974. The molecule has 0 bridgehead atoms. The molecule has 2 aromatic rings. The fourth-order valence-corrected chi connectivity index (χ4v) is 2.30. The van der Waals surface area contributed by atoms with Crippen LogP contribution in [0, 0.1) is 13.8 Å². The molecule has 0 atom stereocenters. The lowest BCUT2D eigenvalue weighted by molar-refractivity contribution is 0.0702.